The zero-order valence-electron chi connectivity index (χ0n) is 17.4. The van der Waals surface area contributed by atoms with Crippen LogP contribution in [0.25, 0.3) is 11.5 Å². The fourth-order valence-electron chi connectivity index (χ4n) is 3.35. The molecule has 2 aromatic heterocycles. The number of rotatable bonds is 5. The first kappa shape index (κ1) is 22.9. The van der Waals surface area contributed by atoms with Crippen molar-refractivity contribution in [2.75, 3.05) is 32.7 Å². The number of nitrogens with one attached hydrogen (secondary N) is 1. The topological polar surface area (TPSA) is 87.1 Å². The molecular formula is C22H26IN5O3. The lowest BCUT2D eigenvalue weighted by molar-refractivity contribution is 0.0657. The van der Waals surface area contributed by atoms with E-state index in [2.05, 4.69) is 15.2 Å². The molecule has 3 heterocycles. The molecule has 3 aromatic rings. The van der Waals surface area contributed by atoms with Gasteiger partial charge in [0.2, 0.25) is 5.89 Å². The number of aromatic nitrogens is 1. The Hall–Kier alpha value is -2.82. The van der Waals surface area contributed by atoms with Crippen LogP contribution in [-0.2, 0) is 6.54 Å². The predicted molar refractivity (Wildman–Crippen MR) is 128 cm³/mol. The Kier molecular flexibility index (Phi) is 8.10. The third-order valence-electron chi connectivity index (χ3n) is 4.90. The quantitative estimate of drug-likeness (QED) is 0.306. The molecule has 164 valence electrons. The Bertz CT molecular complexity index is 980. The number of hydrogen-bond donors (Lipinski definition) is 1. The summed E-state index contributed by atoms with van der Waals surface area (Å²) in [4.78, 5) is 25.7. The zero-order valence-corrected chi connectivity index (χ0v) is 19.7. The van der Waals surface area contributed by atoms with Crippen LogP contribution in [0.2, 0.25) is 0 Å². The maximum Gasteiger partial charge on any atom is 0.289 e. The van der Waals surface area contributed by atoms with E-state index in [-0.39, 0.29) is 29.9 Å². The minimum absolute atomic E-state index is 0. The third-order valence-corrected chi connectivity index (χ3v) is 4.90. The van der Waals surface area contributed by atoms with Crippen molar-refractivity contribution < 1.29 is 13.6 Å². The first-order valence-corrected chi connectivity index (χ1v) is 10.1. The molecule has 1 aliphatic heterocycles. The van der Waals surface area contributed by atoms with Crippen molar-refractivity contribution in [2.45, 2.75) is 13.5 Å². The van der Waals surface area contributed by atoms with E-state index in [1.807, 2.05) is 42.2 Å². The summed E-state index contributed by atoms with van der Waals surface area (Å²) in [6.07, 6.45) is 3.17. The van der Waals surface area contributed by atoms with Gasteiger partial charge < -0.3 is 24.0 Å². The Balaban J connectivity index is 0.00000272. The fraction of sp³-hybridized carbons (Fsp3) is 0.318. The molecule has 0 saturated carbocycles. The van der Waals surface area contributed by atoms with E-state index >= 15 is 0 Å². The number of piperazine rings is 1. The van der Waals surface area contributed by atoms with Crippen molar-refractivity contribution in [1.82, 2.24) is 20.1 Å². The van der Waals surface area contributed by atoms with Crippen LogP contribution in [0.15, 0.2) is 68.8 Å². The van der Waals surface area contributed by atoms with Crippen LogP contribution < -0.4 is 5.32 Å². The molecule has 8 nitrogen and oxygen atoms in total. The van der Waals surface area contributed by atoms with E-state index < -0.39 is 0 Å². The van der Waals surface area contributed by atoms with Crippen LogP contribution in [-0.4, -0.2) is 59.4 Å². The highest BCUT2D eigenvalue weighted by molar-refractivity contribution is 14.0. The van der Waals surface area contributed by atoms with Gasteiger partial charge in [-0.15, -0.1) is 24.0 Å². The fourth-order valence-corrected chi connectivity index (χ4v) is 3.35. The summed E-state index contributed by atoms with van der Waals surface area (Å²) >= 11 is 0. The molecule has 4 rings (SSSR count). The van der Waals surface area contributed by atoms with Crippen molar-refractivity contribution in [3.8, 4) is 11.5 Å². The van der Waals surface area contributed by atoms with Crippen molar-refractivity contribution in [2.24, 2.45) is 4.99 Å². The van der Waals surface area contributed by atoms with Crippen LogP contribution >= 0.6 is 24.0 Å². The zero-order chi connectivity index (χ0) is 20.8. The molecular weight excluding hydrogens is 509 g/mol. The van der Waals surface area contributed by atoms with Gasteiger partial charge in [0, 0.05) is 38.3 Å². The third kappa shape index (κ3) is 5.66. The molecule has 1 fully saturated rings. The van der Waals surface area contributed by atoms with Gasteiger partial charge in [0.05, 0.1) is 12.8 Å². The van der Waals surface area contributed by atoms with Gasteiger partial charge in [0.1, 0.15) is 12.0 Å². The standard InChI is InChI=1S/C22H25N5O3.HI/c1-2-23-22(24-15-18-16-30-20(25-18)17-7-4-3-5-8-17)27-12-10-26(11-13-27)21(28)19-9-6-14-29-19;/h3-9,14,16H,2,10-13,15H2,1H3,(H,23,24);1H. The minimum atomic E-state index is -0.0716. The summed E-state index contributed by atoms with van der Waals surface area (Å²) in [5, 5.41) is 3.33. The molecule has 0 unspecified atom stereocenters. The van der Waals surface area contributed by atoms with Gasteiger partial charge in [-0.25, -0.2) is 9.98 Å². The van der Waals surface area contributed by atoms with E-state index in [9.17, 15) is 4.79 Å². The maximum absolute atomic E-state index is 12.4. The SMILES string of the molecule is CCNC(=NCc1coc(-c2ccccc2)n1)N1CCN(C(=O)c2ccco2)CC1.I. The lowest BCUT2D eigenvalue weighted by Gasteiger charge is -2.36. The average Bonchev–Trinajstić information content (AvgIpc) is 3.49. The van der Waals surface area contributed by atoms with Crippen LogP contribution in [0, 0.1) is 0 Å². The van der Waals surface area contributed by atoms with E-state index in [0.29, 0.717) is 44.4 Å². The molecule has 1 aliphatic rings. The molecule has 0 spiro atoms. The Morgan fingerprint density at radius 3 is 2.48 bits per heavy atom. The number of carbonyl (C=O) groups is 1. The van der Waals surface area contributed by atoms with Gasteiger partial charge in [-0.1, -0.05) is 18.2 Å². The molecule has 31 heavy (non-hydrogen) atoms. The number of nitrogens with zero attached hydrogens (tertiary/aromatic N) is 4. The number of guanidine groups is 1. The van der Waals surface area contributed by atoms with Gasteiger partial charge in [0.25, 0.3) is 5.91 Å². The molecule has 1 saturated heterocycles. The Morgan fingerprint density at radius 1 is 1.06 bits per heavy atom. The summed E-state index contributed by atoms with van der Waals surface area (Å²) in [7, 11) is 0. The summed E-state index contributed by atoms with van der Waals surface area (Å²) < 4.78 is 10.8. The Morgan fingerprint density at radius 2 is 1.81 bits per heavy atom. The number of halogens is 1. The molecule has 0 atom stereocenters. The van der Waals surface area contributed by atoms with Crippen molar-refractivity contribution in [1.29, 1.82) is 0 Å². The number of furan rings is 1. The first-order valence-electron chi connectivity index (χ1n) is 10.1. The van der Waals surface area contributed by atoms with E-state index in [4.69, 9.17) is 13.8 Å². The molecule has 1 aromatic carbocycles. The lowest BCUT2D eigenvalue weighted by atomic mass is 10.2. The minimum Gasteiger partial charge on any atom is -0.459 e. The van der Waals surface area contributed by atoms with Gasteiger partial charge in [-0.2, -0.15) is 0 Å². The molecule has 9 heteroatoms. The highest BCUT2D eigenvalue weighted by atomic mass is 127. The summed E-state index contributed by atoms with van der Waals surface area (Å²) in [6.45, 7) is 5.86. The van der Waals surface area contributed by atoms with Crippen LogP contribution in [0.5, 0.6) is 0 Å². The number of benzene rings is 1. The molecule has 1 N–H and O–H groups in total. The van der Waals surface area contributed by atoms with Crippen LogP contribution in [0.1, 0.15) is 23.2 Å². The predicted octanol–water partition coefficient (Wildman–Crippen LogP) is 3.48. The number of aliphatic imine (C=N–C) groups is 1. The molecule has 0 radical (unpaired) electrons. The smallest absolute Gasteiger partial charge is 0.289 e. The molecule has 1 amide bonds. The number of oxazole rings is 1. The van der Waals surface area contributed by atoms with Crippen molar-refractivity contribution in [3.05, 3.63) is 66.4 Å². The highest BCUT2D eigenvalue weighted by Gasteiger charge is 2.25. The number of hydrogen-bond acceptors (Lipinski definition) is 5. The number of amides is 1. The summed E-state index contributed by atoms with van der Waals surface area (Å²) in [5.41, 5.74) is 1.72. The second-order valence-electron chi connectivity index (χ2n) is 6.94. The van der Waals surface area contributed by atoms with Gasteiger partial charge in [-0.3, -0.25) is 4.79 Å². The largest absolute Gasteiger partial charge is 0.459 e. The van der Waals surface area contributed by atoms with Crippen LogP contribution in [0.3, 0.4) is 0 Å². The monoisotopic (exact) mass is 535 g/mol. The maximum atomic E-state index is 12.4. The van der Waals surface area contributed by atoms with Gasteiger partial charge >= 0.3 is 0 Å². The van der Waals surface area contributed by atoms with E-state index in [0.717, 1.165) is 23.8 Å². The summed E-state index contributed by atoms with van der Waals surface area (Å²) in [5.74, 6) is 1.71. The van der Waals surface area contributed by atoms with Crippen molar-refractivity contribution in [3.63, 3.8) is 0 Å². The van der Waals surface area contributed by atoms with E-state index in [1.165, 1.54) is 6.26 Å². The van der Waals surface area contributed by atoms with Gasteiger partial charge in [0.15, 0.2) is 11.7 Å². The van der Waals surface area contributed by atoms with Crippen LogP contribution in [0.4, 0.5) is 0 Å². The van der Waals surface area contributed by atoms with E-state index in [1.54, 1.807) is 18.4 Å². The molecule has 0 bridgehead atoms. The lowest BCUT2D eigenvalue weighted by Crippen LogP contribution is -2.53. The Labute approximate surface area is 198 Å². The molecule has 0 aliphatic carbocycles. The normalized spacial score (nSPS) is 14.3. The summed E-state index contributed by atoms with van der Waals surface area (Å²) in [6, 6.07) is 13.2. The highest BCUT2D eigenvalue weighted by Crippen LogP contribution is 2.18. The number of carbonyl (C=O) groups excluding carboxylic acids is 1. The van der Waals surface area contributed by atoms with Gasteiger partial charge in [-0.05, 0) is 31.2 Å². The first-order chi connectivity index (χ1) is 14.7. The van der Waals surface area contributed by atoms with Crippen molar-refractivity contribution >= 4 is 35.8 Å². The second kappa shape index (κ2) is 11.0. The second-order valence-corrected chi connectivity index (χ2v) is 6.94. The average molecular weight is 535 g/mol.